The molecule has 1 aliphatic rings. The zero-order chi connectivity index (χ0) is 26.3. The molecule has 196 valence electrons. The molecule has 12 heteroatoms. The topological polar surface area (TPSA) is 143 Å². The fraction of sp³-hybridized carbons (Fsp3) is 1.00. The third-order valence-electron chi connectivity index (χ3n) is 7.79. The highest BCUT2D eigenvalue weighted by atomic mass is 31.2. The molecule has 1 fully saturated rings. The third-order valence-corrected chi connectivity index (χ3v) is 13.2. The van der Waals surface area contributed by atoms with Crippen molar-refractivity contribution < 1.29 is 43.1 Å². The summed E-state index contributed by atoms with van der Waals surface area (Å²) in [7, 11) is -6.40. The van der Waals surface area contributed by atoms with Gasteiger partial charge in [-0.25, -0.2) is 0 Å². The summed E-state index contributed by atoms with van der Waals surface area (Å²) in [5.74, 6) is 0. The molecular weight excluding hydrogens is 469 g/mol. The summed E-state index contributed by atoms with van der Waals surface area (Å²) in [4.78, 5) is 10.5. The lowest BCUT2D eigenvalue weighted by atomic mass is 9.85. The fourth-order valence-corrected chi connectivity index (χ4v) is 8.37. The Hall–Kier alpha value is 0.245. The predicted molar refractivity (Wildman–Crippen MR) is 132 cm³/mol. The predicted octanol–water partition coefficient (Wildman–Crippen LogP) is 2.82. The van der Waals surface area contributed by atoms with Crippen LogP contribution in [0.2, 0.25) is 0 Å². The zero-order valence-electron chi connectivity index (χ0n) is 21.9. The molecule has 0 aromatic carbocycles. The van der Waals surface area contributed by atoms with E-state index in [0.29, 0.717) is 12.8 Å². The lowest BCUT2D eigenvalue weighted by molar-refractivity contribution is -0.0395. The maximum absolute atomic E-state index is 14.3. The highest BCUT2D eigenvalue weighted by Crippen LogP contribution is 2.69. The molecule has 1 saturated heterocycles. The maximum atomic E-state index is 14.3. The molecule has 4 unspecified atom stereocenters. The molecule has 1 heterocycles. The number of aliphatic hydroxyl groups is 3. The van der Waals surface area contributed by atoms with Crippen LogP contribution in [0.1, 0.15) is 81.1 Å². The van der Waals surface area contributed by atoms with E-state index in [-0.39, 0.29) is 12.8 Å². The van der Waals surface area contributed by atoms with Crippen LogP contribution in [0.15, 0.2) is 0 Å². The second kappa shape index (κ2) is 10.3. The Labute approximate surface area is 200 Å². The molecule has 9 atom stereocenters. The summed E-state index contributed by atoms with van der Waals surface area (Å²) >= 11 is 0. The van der Waals surface area contributed by atoms with E-state index in [9.17, 15) is 29.3 Å². The van der Waals surface area contributed by atoms with Crippen LogP contribution in [0.5, 0.6) is 0 Å². The normalized spacial score (nSPS) is 33.4. The van der Waals surface area contributed by atoms with Gasteiger partial charge in [0.1, 0.15) is 20.1 Å². The lowest BCUT2D eigenvalue weighted by Crippen LogP contribution is -2.52. The van der Waals surface area contributed by atoms with Gasteiger partial charge in [0.25, 0.3) is 0 Å². The van der Waals surface area contributed by atoms with Gasteiger partial charge < -0.3 is 29.5 Å². The van der Waals surface area contributed by atoms with E-state index in [1.165, 1.54) is 20.5 Å². The molecule has 4 N–H and O–H groups in total. The van der Waals surface area contributed by atoms with Gasteiger partial charge >= 0.3 is 7.60 Å². The van der Waals surface area contributed by atoms with Gasteiger partial charge in [-0.3, -0.25) is 13.7 Å². The van der Waals surface area contributed by atoms with Crippen LogP contribution in [0, 0.1) is 0 Å². The number of hydrogen-bond acceptors (Lipinski definition) is 8. The minimum Gasteiger partial charge on any atom is -0.388 e. The van der Waals surface area contributed by atoms with Gasteiger partial charge in [-0.2, -0.15) is 0 Å². The summed E-state index contributed by atoms with van der Waals surface area (Å²) < 4.78 is 44.9. The van der Waals surface area contributed by atoms with Crippen molar-refractivity contribution in [1.29, 1.82) is 0 Å². The molecule has 0 aliphatic carbocycles. The Morgan fingerprint density at radius 2 is 1.45 bits per heavy atom. The van der Waals surface area contributed by atoms with Crippen LogP contribution < -0.4 is 0 Å². The number of rotatable bonds is 12. The van der Waals surface area contributed by atoms with Crippen LogP contribution in [0.25, 0.3) is 0 Å². The summed E-state index contributed by atoms with van der Waals surface area (Å²) in [5.41, 5.74) is -2.33. The summed E-state index contributed by atoms with van der Waals surface area (Å²) in [5, 5.41) is 27.4. The van der Waals surface area contributed by atoms with E-state index >= 15 is 0 Å². The second-order valence-corrected chi connectivity index (χ2v) is 15.8. The van der Waals surface area contributed by atoms with Gasteiger partial charge in [0.2, 0.25) is 7.37 Å². The van der Waals surface area contributed by atoms with Gasteiger partial charge in [-0.05, 0) is 53.9 Å². The molecule has 0 aromatic rings. The van der Waals surface area contributed by atoms with Gasteiger partial charge in [-0.1, -0.05) is 20.8 Å². The smallest absolute Gasteiger partial charge is 0.359 e. The first-order valence-electron chi connectivity index (χ1n) is 11.7. The third kappa shape index (κ3) is 6.15. The molecule has 0 radical (unpaired) electrons. The average molecular weight is 514 g/mol. The lowest BCUT2D eigenvalue weighted by Gasteiger charge is -2.51. The largest absolute Gasteiger partial charge is 0.388 e. The summed E-state index contributed by atoms with van der Waals surface area (Å²) in [6, 6.07) is -0.530. The van der Waals surface area contributed by atoms with Crippen molar-refractivity contribution in [3.8, 4) is 0 Å². The van der Waals surface area contributed by atoms with Gasteiger partial charge in [0.05, 0.1) is 28.5 Å². The highest BCUT2D eigenvalue weighted by molar-refractivity contribution is 7.60. The SMILES string of the molecule is B[C@@H]1O[C@H](C[C@@](C)(CC)OP(C)(=O)C(C)(CC)C(C)(CC)OP(=O)(O)C(C)(C)O)[C@@H](O)[C@H]1O. The van der Waals surface area contributed by atoms with Crippen LogP contribution in [0.3, 0.4) is 0 Å². The van der Waals surface area contributed by atoms with Crippen LogP contribution >= 0.6 is 15.0 Å². The van der Waals surface area contributed by atoms with Crippen molar-refractivity contribution in [1.82, 2.24) is 0 Å². The minimum atomic E-state index is -4.50. The Balaban J connectivity index is 3.33. The van der Waals surface area contributed by atoms with Crippen molar-refractivity contribution in [2.24, 2.45) is 0 Å². The molecule has 1 aliphatic heterocycles. The van der Waals surface area contributed by atoms with E-state index in [1.807, 2.05) is 13.8 Å². The van der Waals surface area contributed by atoms with Crippen LogP contribution in [0.4, 0.5) is 0 Å². The molecule has 33 heavy (non-hydrogen) atoms. The summed E-state index contributed by atoms with van der Waals surface area (Å²) in [6.07, 6.45) is -1.56. The molecule has 0 spiro atoms. The van der Waals surface area contributed by atoms with Crippen molar-refractivity contribution in [2.45, 2.75) is 127 Å². The highest BCUT2D eigenvalue weighted by Gasteiger charge is 2.59. The van der Waals surface area contributed by atoms with E-state index in [2.05, 4.69) is 0 Å². The second-order valence-electron chi connectivity index (χ2n) is 10.6. The fourth-order valence-electron chi connectivity index (χ4n) is 4.32. The monoisotopic (exact) mass is 514 g/mol. The first-order valence-corrected chi connectivity index (χ1v) is 15.4. The van der Waals surface area contributed by atoms with Crippen molar-refractivity contribution in [3.63, 3.8) is 0 Å². The standard InChI is InChI=1S/C21H45BO9P2/c1-10-19(6,13-14-15(23)16(24)17(22)29-14)30-32(9,26)21(8,12-3)20(7,11-2)31-33(27,28)18(4,5)25/h14-17,23-25H,10-13,22H2,1-9H3,(H,27,28)/t14-,15-,16-,17-,19-,20?,21?,32?/m1/s1. The van der Waals surface area contributed by atoms with E-state index in [0.717, 1.165) is 0 Å². The number of hydrogen-bond donors (Lipinski definition) is 4. The Morgan fingerprint density at radius 3 is 1.79 bits per heavy atom. The molecular formula is C21H45BO9P2. The van der Waals surface area contributed by atoms with Crippen LogP contribution in [-0.4, -0.2) is 80.7 Å². The maximum Gasteiger partial charge on any atom is 0.359 e. The van der Waals surface area contributed by atoms with E-state index in [4.69, 9.17) is 13.8 Å². The van der Waals surface area contributed by atoms with E-state index in [1.54, 1.807) is 35.5 Å². The van der Waals surface area contributed by atoms with E-state index < -0.39 is 61.0 Å². The first-order chi connectivity index (χ1) is 14.7. The molecule has 9 nitrogen and oxygen atoms in total. The average Bonchev–Trinajstić information content (AvgIpc) is 2.91. The minimum absolute atomic E-state index is 0.204. The van der Waals surface area contributed by atoms with Crippen molar-refractivity contribution >= 4 is 22.8 Å². The Bertz CT molecular complexity index is 775. The van der Waals surface area contributed by atoms with Gasteiger partial charge in [0.15, 0.2) is 5.34 Å². The van der Waals surface area contributed by atoms with Gasteiger partial charge in [-0.15, -0.1) is 0 Å². The number of aliphatic hydroxyl groups excluding tert-OH is 2. The quantitative estimate of drug-likeness (QED) is 0.228. The molecule has 0 amide bonds. The Kier molecular flexibility index (Phi) is 9.78. The van der Waals surface area contributed by atoms with Crippen molar-refractivity contribution in [3.05, 3.63) is 0 Å². The Morgan fingerprint density at radius 1 is 0.939 bits per heavy atom. The molecule has 0 saturated carbocycles. The summed E-state index contributed by atoms with van der Waals surface area (Å²) in [6.45, 7) is 14.5. The number of ether oxygens (including phenoxy) is 1. The first kappa shape index (κ1) is 31.3. The van der Waals surface area contributed by atoms with Crippen molar-refractivity contribution in [2.75, 3.05) is 6.66 Å². The molecule has 0 bridgehead atoms. The van der Waals surface area contributed by atoms with Gasteiger partial charge in [0, 0.05) is 13.1 Å². The molecule has 1 rings (SSSR count). The zero-order valence-corrected chi connectivity index (χ0v) is 23.7. The van der Waals surface area contributed by atoms with Crippen LogP contribution in [-0.2, 0) is 22.9 Å². The molecule has 0 aromatic heterocycles.